The maximum Gasteiger partial charge on any atom is 0.194 e. The zero-order chi connectivity index (χ0) is 15.8. The third-order valence-electron chi connectivity index (χ3n) is 4.26. The van der Waals surface area contributed by atoms with Crippen LogP contribution in [-0.4, -0.2) is 14.5 Å². The Hall–Kier alpha value is -1.76. The first kappa shape index (κ1) is 14.8. The monoisotopic (exact) mass is 331 g/mol. The summed E-state index contributed by atoms with van der Waals surface area (Å²) in [5.41, 5.74) is 3.76. The maximum atomic E-state index is 13.4. The normalized spacial score (nSPS) is 14.7. The Kier molecular flexibility index (Phi) is 3.88. The van der Waals surface area contributed by atoms with Crippen LogP contribution in [0.5, 0.6) is 0 Å². The number of hydrogen-bond acceptors (Lipinski definition) is 4. The SMILES string of the molecule is OCc1cc(CNCc2c(C3CC3)nc3sccn23)ccc1F. The van der Waals surface area contributed by atoms with E-state index in [-0.39, 0.29) is 12.4 Å². The summed E-state index contributed by atoms with van der Waals surface area (Å²) in [6.45, 7) is 1.09. The quantitative estimate of drug-likeness (QED) is 0.729. The number of fused-ring (bicyclic) bond motifs is 1. The summed E-state index contributed by atoms with van der Waals surface area (Å²) in [5, 5.41) is 14.6. The van der Waals surface area contributed by atoms with Gasteiger partial charge in [-0.2, -0.15) is 0 Å². The topological polar surface area (TPSA) is 49.6 Å². The van der Waals surface area contributed by atoms with E-state index in [9.17, 15) is 4.39 Å². The Morgan fingerprint density at radius 2 is 2.22 bits per heavy atom. The van der Waals surface area contributed by atoms with Gasteiger partial charge in [0.05, 0.1) is 18.0 Å². The number of benzene rings is 1. The lowest BCUT2D eigenvalue weighted by Gasteiger charge is -2.08. The number of halogens is 1. The molecule has 120 valence electrons. The number of imidazole rings is 1. The zero-order valence-electron chi connectivity index (χ0n) is 12.6. The third-order valence-corrected chi connectivity index (χ3v) is 5.01. The summed E-state index contributed by atoms with van der Waals surface area (Å²) >= 11 is 1.66. The number of aromatic nitrogens is 2. The average molecular weight is 331 g/mol. The molecule has 2 N–H and O–H groups in total. The molecule has 2 aromatic heterocycles. The van der Waals surface area contributed by atoms with E-state index in [2.05, 4.69) is 21.3 Å². The molecule has 1 aliphatic carbocycles. The van der Waals surface area contributed by atoms with Crippen molar-refractivity contribution in [3.8, 4) is 0 Å². The molecule has 0 radical (unpaired) electrons. The number of nitrogens with zero attached hydrogens (tertiary/aromatic N) is 2. The van der Waals surface area contributed by atoms with E-state index in [0.717, 1.165) is 17.1 Å². The second kappa shape index (κ2) is 6.03. The molecule has 1 aromatic carbocycles. The zero-order valence-corrected chi connectivity index (χ0v) is 13.4. The second-order valence-electron chi connectivity index (χ2n) is 5.96. The Labute approximate surface area is 137 Å². The van der Waals surface area contributed by atoms with Crippen molar-refractivity contribution in [2.75, 3.05) is 0 Å². The first-order valence-corrected chi connectivity index (χ1v) is 8.67. The van der Waals surface area contributed by atoms with Crippen molar-refractivity contribution in [2.24, 2.45) is 0 Å². The van der Waals surface area contributed by atoms with Gasteiger partial charge in [-0.25, -0.2) is 9.37 Å². The van der Waals surface area contributed by atoms with E-state index in [1.54, 1.807) is 23.5 Å². The van der Waals surface area contributed by atoms with Crippen LogP contribution < -0.4 is 5.32 Å². The van der Waals surface area contributed by atoms with E-state index in [0.29, 0.717) is 18.0 Å². The number of rotatable bonds is 6. The van der Waals surface area contributed by atoms with Gasteiger partial charge in [0.15, 0.2) is 4.96 Å². The van der Waals surface area contributed by atoms with Gasteiger partial charge in [-0.05, 0) is 30.5 Å². The van der Waals surface area contributed by atoms with Crippen molar-refractivity contribution in [2.45, 2.75) is 38.5 Å². The van der Waals surface area contributed by atoms with Gasteiger partial charge in [0, 0.05) is 36.1 Å². The van der Waals surface area contributed by atoms with Crippen LogP contribution in [0.3, 0.4) is 0 Å². The number of hydrogen-bond donors (Lipinski definition) is 2. The fourth-order valence-electron chi connectivity index (χ4n) is 2.89. The summed E-state index contributed by atoms with van der Waals surface area (Å²) in [6, 6.07) is 4.87. The van der Waals surface area contributed by atoms with E-state index < -0.39 is 0 Å². The number of aliphatic hydroxyl groups excluding tert-OH is 1. The highest BCUT2D eigenvalue weighted by Crippen LogP contribution is 2.41. The smallest absolute Gasteiger partial charge is 0.194 e. The minimum absolute atomic E-state index is 0.274. The van der Waals surface area contributed by atoms with Gasteiger partial charge in [-0.1, -0.05) is 6.07 Å². The molecule has 23 heavy (non-hydrogen) atoms. The summed E-state index contributed by atoms with van der Waals surface area (Å²) in [5.74, 6) is 0.258. The average Bonchev–Trinajstić information content (AvgIpc) is 3.20. The van der Waals surface area contributed by atoms with Gasteiger partial charge >= 0.3 is 0 Å². The van der Waals surface area contributed by atoms with Crippen LogP contribution in [0.15, 0.2) is 29.8 Å². The van der Waals surface area contributed by atoms with Crippen LogP contribution in [0.25, 0.3) is 4.96 Å². The lowest BCUT2D eigenvalue weighted by atomic mass is 10.1. The fraction of sp³-hybridized carbons (Fsp3) is 0.353. The molecular formula is C17H18FN3OS. The Balaban J connectivity index is 1.49. The Bertz CT molecular complexity index is 838. The summed E-state index contributed by atoms with van der Waals surface area (Å²) < 4.78 is 15.6. The molecule has 2 heterocycles. The van der Waals surface area contributed by atoms with Crippen molar-refractivity contribution in [3.05, 3.63) is 58.1 Å². The molecule has 4 nitrogen and oxygen atoms in total. The Morgan fingerprint density at radius 1 is 1.35 bits per heavy atom. The van der Waals surface area contributed by atoms with Gasteiger partial charge in [0.1, 0.15) is 5.82 Å². The molecule has 0 unspecified atom stereocenters. The summed E-state index contributed by atoms with van der Waals surface area (Å²) in [4.78, 5) is 5.81. The molecule has 1 fully saturated rings. The molecular weight excluding hydrogens is 313 g/mol. The van der Waals surface area contributed by atoms with Crippen molar-refractivity contribution >= 4 is 16.3 Å². The minimum atomic E-state index is -0.358. The first-order chi connectivity index (χ1) is 11.3. The molecule has 1 saturated carbocycles. The number of nitrogens with one attached hydrogen (secondary N) is 1. The highest BCUT2D eigenvalue weighted by molar-refractivity contribution is 7.15. The van der Waals surface area contributed by atoms with Gasteiger partial charge in [0.2, 0.25) is 0 Å². The summed E-state index contributed by atoms with van der Waals surface area (Å²) in [7, 11) is 0. The summed E-state index contributed by atoms with van der Waals surface area (Å²) in [6.07, 6.45) is 4.53. The molecule has 0 atom stereocenters. The standard InChI is InChI=1S/C17H18FN3OS/c18-14-4-1-11(7-13(14)10-22)8-19-9-15-16(12-2-3-12)20-17-21(15)5-6-23-17/h1,4-7,12,19,22H,2-3,8-10H2. The van der Waals surface area contributed by atoms with E-state index in [1.807, 2.05) is 0 Å². The first-order valence-electron chi connectivity index (χ1n) is 7.79. The van der Waals surface area contributed by atoms with Gasteiger partial charge < -0.3 is 10.4 Å². The molecule has 4 rings (SSSR count). The lowest BCUT2D eigenvalue weighted by Crippen LogP contribution is -2.15. The predicted octanol–water partition coefficient (Wildman–Crippen LogP) is 3.19. The molecule has 0 aliphatic heterocycles. The van der Waals surface area contributed by atoms with Gasteiger partial charge in [0.25, 0.3) is 0 Å². The van der Waals surface area contributed by atoms with Crippen LogP contribution in [-0.2, 0) is 19.7 Å². The third kappa shape index (κ3) is 2.89. The predicted molar refractivity (Wildman–Crippen MR) is 87.9 cm³/mol. The van der Waals surface area contributed by atoms with Crippen LogP contribution >= 0.6 is 11.3 Å². The Morgan fingerprint density at radius 3 is 3.00 bits per heavy atom. The van der Waals surface area contributed by atoms with Crippen molar-refractivity contribution in [1.82, 2.24) is 14.7 Å². The molecule has 0 spiro atoms. The molecule has 0 bridgehead atoms. The molecule has 6 heteroatoms. The molecule has 0 saturated heterocycles. The highest BCUT2D eigenvalue weighted by Gasteiger charge is 2.30. The van der Waals surface area contributed by atoms with Crippen molar-refractivity contribution in [1.29, 1.82) is 0 Å². The van der Waals surface area contributed by atoms with E-state index >= 15 is 0 Å². The number of aliphatic hydroxyl groups is 1. The van der Waals surface area contributed by atoms with Crippen molar-refractivity contribution < 1.29 is 9.50 Å². The molecule has 3 aromatic rings. The lowest BCUT2D eigenvalue weighted by molar-refractivity contribution is 0.275. The van der Waals surface area contributed by atoms with Gasteiger partial charge in [-0.15, -0.1) is 11.3 Å². The fourth-order valence-corrected chi connectivity index (χ4v) is 3.63. The highest BCUT2D eigenvalue weighted by atomic mass is 32.1. The maximum absolute atomic E-state index is 13.4. The van der Waals surface area contributed by atoms with Crippen LogP contribution in [0, 0.1) is 5.82 Å². The molecule has 1 aliphatic rings. The van der Waals surface area contributed by atoms with E-state index in [1.165, 1.54) is 30.3 Å². The number of thiazole rings is 1. The van der Waals surface area contributed by atoms with Crippen LogP contribution in [0.2, 0.25) is 0 Å². The van der Waals surface area contributed by atoms with Crippen LogP contribution in [0.1, 0.15) is 41.3 Å². The van der Waals surface area contributed by atoms with Gasteiger partial charge in [-0.3, -0.25) is 4.40 Å². The second-order valence-corrected chi connectivity index (χ2v) is 6.83. The largest absolute Gasteiger partial charge is 0.392 e. The minimum Gasteiger partial charge on any atom is -0.392 e. The molecule has 0 amide bonds. The van der Waals surface area contributed by atoms with E-state index in [4.69, 9.17) is 10.1 Å². The van der Waals surface area contributed by atoms with Crippen molar-refractivity contribution in [3.63, 3.8) is 0 Å². The van der Waals surface area contributed by atoms with Crippen LogP contribution in [0.4, 0.5) is 4.39 Å².